The third kappa shape index (κ3) is 3.68. The number of hydrogen-bond donors (Lipinski definition) is 0. The number of non-ortho nitro benzene ring substituents is 1. The Morgan fingerprint density at radius 1 is 1.23 bits per heavy atom. The maximum absolute atomic E-state index is 14.0. The lowest BCUT2D eigenvalue weighted by molar-refractivity contribution is -1.25. The molecule has 1 spiro atoms. The molecule has 3 unspecified atom stereocenters. The van der Waals surface area contributed by atoms with Crippen LogP contribution in [0.1, 0.15) is 38.2 Å². The first-order valence-electron chi connectivity index (χ1n) is 9.77. The van der Waals surface area contributed by atoms with Crippen molar-refractivity contribution in [1.29, 1.82) is 0 Å². The van der Waals surface area contributed by atoms with Gasteiger partial charge in [-0.25, -0.2) is 0 Å². The van der Waals surface area contributed by atoms with Crippen LogP contribution < -0.4 is 4.74 Å². The molecule has 0 saturated carbocycles. The van der Waals surface area contributed by atoms with Crippen molar-refractivity contribution in [3.8, 4) is 5.75 Å². The van der Waals surface area contributed by atoms with Crippen LogP contribution in [0, 0.1) is 15.3 Å². The zero-order valence-corrected chi connectivity index (χ0v) is 18.9. The average Bonchev–Trinajstić information content (AvgIpc) is 2.96. The fraction of sp³-hybridized carbons (Fsp3) is 0.667. The number of nitrogens with zero attached hydrogens (tertiary/aromatic N) is 2. The second-order valence-electron chi connectivity index (χ2n) is 7.48. The third-order valence-corrected chi connectivity index (χ3v) is 6.42. The molecule has 0 aliphatic carbocycles. The lowest BCUT2D eigenvalue weighted by Crippen LogP contribution is -2.74. The zero-order valence-electron chi connectivity index (χ0n) is 16.7. The van der Waals surface area contributed by atoms with Gasteiger partial charge in [0.2, 0.25) is 28.0 Å². The molecule has 13 heteroatoms. The summed E-state index contributed by atoms with van der Waals surface area (Å²) in [5.41, 5.74) is -1.35. The molecule has 4 rings (SSSR count). The lowest BCUT2D eigenvalue weighted by Gasteiger charge is -2.57. The van der Waals surface area contributed by atoms with E-state index >= 15 is 0 Å². The van der Waals surface area contributed by atoms with E-state index in [-0.39, 0.29) is 37.5 Å². The Morgan fingerprint density at radius 2 is 1.87 bits per heavy atom. The fourth-order valence-electron chi connectivity index (χ4n) is 4.72. The monoisotopic (exact) mass is 498 g/mol. The first-order valence-corrected chi connectivity index (χ1v) is 10.9. The molecule has 0 N–H and O–H groups in total. The first kappa shape index (κ1) is 23.2. The van der Waals surface area contributed by atoms with Gasteiger partial charge in [0, 0.05) is 37.3 Å². The van der Waals surface area contributed by atoms with Gasteiger partial charge in [0.1, 0.15) is 5.75 Å². The smallest absolute Gasteiger partial charge is 0.269 e. The summed E-state index contributed by atoms with van der Waals surface area (Å²) in [4.78, 5) is 20.5. The van der Waals surface area contributed by atoms with Crippen LogP contribution in [0.15, 0.2) is 18.2 Å². The summed E-state index contributed by atoms with van der Waals surface area (Å²) >= 11 is 18.9. The average molecular weight is 500 g/mol. The molecule has 1 aromatic rings. The van der Waals surface area contributed by atoms with E-state index < -0.39 is 43.8 Å². The molecule has 0 amide bonds. The maximum atomic E-state index is 14.0. The van der Waals surface area contributed by atoms with Gasteiger partial charge in [-0.1, -0.05) is 39.8 Å². The van der Waals surface area contributed by atoms with Crippen LogP contribution in [-0.4, -0.2) is 51.1 Å². The molecular weight excluding hydrogens is 479 g/mol. The van der Waals surface area contributed by atoms with Crippen molar-refractivity contribution in [3.05, 3.63) is 39.1 Å². The van der Waals surface area contributed by atoms with Crippen LogP contribution >= 0.6 is 34.8 Å². The van der Waals surface area contributed by atoms with E-state index in [1.54, 1.807) is 13.8 Å². The summed E-state index contributed by atoms with van der Waals surface area (Å²) < 4.78 is 15.1. The van der Waals surface area contributed by atoms with Gasteiger partial charge in [-0.15, -0.1) is 9.68 Å². The standard InChI is InChI=1S/C18H21Cl3N2O8/c1-3-27-14-8-12-11-7-10(22(24)25)5-6-13(11)29-16(18(19,20)21)17(12)9-15(28-4-2)31-23(17,26)30-14/h5-7,12,14-16H,3-4,8-9H2,1-2H3/t12-,14+,15?,16-,17?,23?/m0/s1. The Morgan fingerprint density at radius 3 is 2.48 bits per heavy atom. The number of alkyl halides is 3. The third-order valence-electron chi connectivity index (χ3n) is 5.83. The zero-order chi connectivity index (χ0) is 22.6. The Hall–Kier alpha value is -0.950. The molecule has 10 nitrogen and oxygen atoms in total. The van der Waals surface area contributed by atoms with Crippen LogP contribution in [0.25, 0.3) is 0 Å². The predicted molar refractivity (Wildman–Crippen MR) is 109 cm³/mol. The molecule has 0 bridgehead atoms. The van der Waals surface area contributed by atoms with E-state index in [9.17, 15) is 15.3 Å². The van der Waals surface area contributed by atoms with Gasteiger partial charge in [-0.05, 0) is 19.9 Å². The number of hydroxylamine groups is 3. The van der Waals surface area contributed by atoms with E-state index in [0.29, 0.717) is 5.56 Å². The van der Waals surface area contributed by atoms with Crippen LogP contribution in [0.2, 0.25) is 0 Å². The Kier molecular flexibility index (Phi) is 6.08. The molecule has 3 heterocycles. The van der Waals surface area contributed by atoms with Crippen molar-refractivity contribution < 1.29 is 33.8 Å². The first-order chi connectivity index (χ1) is 14.6. The summed E-state index contributed by atoms with van der Waals surface area (Å²) in [5, 5.41) is 25.4. The summed E-state index contributed by atoms with van der Waals surface area (Å²) in [6.07, 6.45) is -3.07. The van der Waals surface area contributed by atoms with Gasteiger partial charge in [0.15, 0.2) is 0 Å². The van der Waals surface area contributed by atoms with Crippen LogP contribution in [0.4, 0.5) is 5.69 Å². The highest BCUT2D eigenvalue weighted by atomic mass is 35.6. The second kappa shape index (κ2) is 8.12. The number of benzene rings is 1. The highest BCUT2D eigenvalue weighted by Gasteiger charge is 2.77. The van der Waals surface area contributed by atoms with E-state index in [2.05, 4.69) is 0 Å². The van der Waals surface area contributed by atoms with Crippen molar-refractivity contribution in [2.45, 2.75) is 60.6 Å². The van der Waals surface area contributed by atoms with Gasteiger partial charge in [0.05, 0.1) is 17.3 Å². The molecule has 2 saturated heterocycles. The molecule has 3 aliphatic heterocycles. The second-order valence-corrected chi connectivity index (χ2v) is 9.85. The molecule has 2 fully saturated rings. The van der Waals surface area contributed by atoms with Crippen molar-refractivity contribution in [2.24, 2.45) is 0 Å². The topological polar surface area (TPSA) is 112 Å². The van der Waals surface area contributed by atoms with Crippen molar-refractivity contribution >= 4 is 40.5 Å². The highest BCUT2D eigenvalue weighted by Crippen LogP contribution is 2.63. The number of hydrogen-bond acceptors (Lipinski definition) is 8. The minimum atomic E-state index is -2.04. The molecule has 6 atom stereocenters. The largest absolute Gasteiger partial charge is 0.563 e. The maximum Gasteiger partial charge on any atom is 0.269 e. The van der Waals surface area contributed by atoms with E-state index in [1.807, 2.05) is 0 Å². The van der Waals surface area contributed by atoms with Gasteiger partial charge >= 0.3 is 0 Å². The summed E-state index contributed by atoms with van der Waals surface area (Å²) in [5.74, 6) is -0.425. The van der Waals surface area contributed by atoms with Gasteiger partial charge in [0.25, 0.3) is 5.69 Å². The lowest BCUT2D eigenvalue weighted by atomic mass is 9.69. The number of halogens is 3. The summed E-state index contributed by atoms with van der Waals surface area (Å²) in [6.45, 7) is 4.03. The minimum Gasteiger partial charge on any atom is -0.563 e. The van der Waals surface area contributed by atoms with Crippen LogP contribution in [0.3, 0.4) is 0 Å². The number of fused-ring (bicyclic) bond motifs is 2. The summed E-state index contributed by atoms with van der Waals surface area (Å²) in [7, 11) is 0. The Labute approximate surface area is 193 Å². The van der Waals surface area contributed by atoms with E-state index in [1.165, 1.54) is 18.2 Å². The molecule has 31 heavy (non-hydrogen) atoms. The predicted octanol–water partition coefficient (Wildman–Crippen LogP) is 4.26. The minimum absolute atomic E-state index is 0.0193. The molecular formula is C18H21Cl3N2O8. The SMILES string of the molecule is CCOC1CC23[C@@H](C(Cl)(Cl)Cl)Oc4ccc([N+](=O)[O-])cc4[C@@H]2C[C@H](OCC)O[N+]3([O-])O1. The van der Waals surface area contributed by atoms with Crippen molar-refractivity contribution in [1.82, 2.24) is 0 Å². The number of nitro benzene ring substituents is 1. The Balaban J connectivity index is 1.92. The highest BCUT2D eigenvalue weighted by molar-refractivity contribution is 6.68. The number of rotatable bonds is 5. The fourth-order valence-corrected chi connectivity index (χ4v) is 5.42. The van der Waals surface area contributed by atoms with Crippen molar-refractivity contribution in [3.63, 3.8) is 0 Å². The molecule has 0 radical (unpaired) electrons. The number of ether oxygens (including phenoxy) is 3. The summed E-state index contributed by atoms with van der Waals surface area (Å²) in [6, 6.07) is 4.09. The molecule has 3 aliphatic rings. The van der Waals surface area contributed by atoms with E-state index in [4.69, 9.17) is 58.7 Å². The molecule has 0 aromatic heterocycles. The molecule has 172 valence electrons. The van der Waals surface area contributed by atoms with Crippen LogP contribution in [0.5, 0.6) is 5.75 Å². The van der Waals surface area contributed by atoms with Gasteiger partial charge < -0.3 is 19.4 Å². The normalized spacial score (nSPS) is 36.8. The van der Waals surface area contributed by atoms with E-state index in [0.717, 1.165) is 0 Å². The van der Waals surface area contributed by atoms with Gasteiger partial charge in [-0.2, -0.15) is 0 Å². The number of quaternary nitrogens is 1. The van der Waals surface area contributed by atoms with Gasteiger partial charge in [-0.3, -0.25) is 10.1 Å². The number of nitro groups is 1. The Bertz CT molecular complexity index is 871. The van der Waals surface area contributed by atoms with Crippen molar-refractivity contribution in [2.75, 3.05) is 13.2 Å². The quantitative estimate of drug-likeness (QED) is 0.194. The molecule has 1 aromatic carbocycles. The van der Waals surface area contributed by atoms with Crippen LogP contribution in [-0.2, 0) is 19.1 Å².